The number of aliphatic imine (C=N–C) groups is 1. The average Bonchev–Trinajstić information content (AvgIpc) is 1.82. The molecule has 1 atom stereocenters. The predicted octanol–water partition coefficient (Wildman–Crippen LogP) is 1.57. The van der Waals surface area contributed by atoms with Crippen LogP contribution in [0.25, 0.3) is 0 Å². The van der Waals surface area contributed by atoms with Crippen molar-refractivity contribution in [2.45, 2.75) is 20.8 Å². The number of carbonyl (C=O) groups is 1. The molecule has 2 nitrogen and oxygen atoms in total. The Bertz CT molecular complexity index is 225. The summed E-state index contributed by atoms with van der Waals surface area (Å²) in [5, 5.41) is 0. The van der Waals surface area contributed by atoms with E-state index in [1.165, 1.54) is 0 Å². The molecule has 0 radical (unpaired) electrons. The van der Waals surface area contributed by atoms with Crippen molar-refractivity contribution in [1.82, 2.24) is 0 Å². The van der Waals surface area contributed by atoms with Crippen LogP contribution in [0, 0.1) is 5.92 Å². The molecule has 0 amide bonds. The third-order valence-corrected chi connectivity index (χ3v) is 1.61. The summed E-state index contributed by atoms with van der Waals surface area (Å²) in [7, 11) is 0. The Kier molecular flexibility index (Phi) is 1.70. The number of rotatable bonds is 0. The van der Waals surface area contributed by atoms with Gasteiger partial charge >= 0.3 is 0 Å². The van der Waals surface area contributed by atoms with Gasteiger partial charge in [-0.3, -0.25) is 9.79 Å². The minimum Gasteiger partial charge on any atom is -0.292 e. The zero-order chi connectivity index (χ0) is 7.72. The third kappa shape index (κ3) is 1.15. The molecule has 0 fully saturated rings. The molecule has 1 aliphatic heterocycles. The average molecular weight is 137 g/mol. The van der Waals surface area contributed by atoms with E-state index in [0.717, 1.165) is 5.70 Å². The maximum Gasteiger partial charge on any atom is 0.183 e. The van der Waals surface area contributed by atoms with Gasteiger partial charge in [0.05, 0.1) is 5.71 Å². The molecule has 0 spiro atoms. The Labute approximate surface area is 60.7 Å². The quantitative estimate of drug-likeness (QED) is 0.498. The molecule has 0 aliphatic carbocycles. The summed E-state index contributed by atoms with van der Waals surface area (Å²) in [6, 6.07) is 0. The van der Waals surface area contributed by atoms with Gasteiger partial charge in [-0.25, -0.2) is 0 Å². The number of hydrogen-bond acceptors (Lipinski definition) is 2. The smallest absolute Gasteiger partial charge is 0.183 e. The van der Waals surface area contributed by atoms with E-state index in [9.17, 15) is 4.79 Å². The van der Waals surface area contributed by atoms with Crippen LogP contribution in [0.3, 0.4) is 0 Å². The van der Waals surface area contributed by atoms with Crippen molar-refractivity contribution < 1.29 is 4.79 Å². The lowest BCUT2D eigenvalue weighted by Crippen LogP contribution is -2.20. The first-order valence-electron chi connectivity index (χ1n) is 3.39. The largest absolute Gasteiger partial charge is 0.292 e. The van der Waals surface area contributed by atoms with Gasteiger partial charge in [-0.2, -0.15) is 0 Å². The predicted molar refractivity (Wildman–Crippen MR) is 41.0 cm³/mol. The second-order valence-corrected chi connectivity index (χ2v) is 2.66. The van der Waals surface area contributed by atoms with Gasteiger partial charge in [0.1, 0.15) is 0 Å². The fraction of sp³-hybridized carbons (Fsp3) is 0.500. The summed E-state index contributed by atoms with van der Waals surface area (Å²) in [6.07, 6.45) is 1.88. The molecule has 10 heavy (non-hydrogen) atoms. The Morgan fingerprint density at radius 3 is 2.60 bits per heavy atom. The normalized spacial score (nSPS) is 25.9. The first-order valence-corrected chi connectivity index (χ1v) is 3.39. The van der Waals surface area contributed by atoms with Gasteiger partial charge in [-0.1, -0.05) is 13.0 Å². The molecule has 0 saturated carbocycles. The SMILES string of the molecule is CC1=CC(C)C(=O)C(C)=N1. The van der Waals surface area contributed by atoms with Gasteiger partial charge < -0.3 is 0 Å². The number of ketones is 1. The summed E-state index contributed by atoms with van der Waals surface area (Å²) in [5.41, 5.74) is 1.58. The van der Waals surface area contributed by atoms with Gasteiger partial charge in [0.2, 0.25) is 0 Å². The van der Waals surface area contributed by atoms with Crippen LogP contribution < -0.4 is 0 Å². The van der Waals surface area contributed by atoms with E-state index in [-0.39, 0.29) is 11.7 Å². The molecule has 0 aromatic carbocycles. The number of carbonyl (C=O) groups excluding carboxylic acids is 1. The van der Waals surface area contributed by atoms with Crippen LogP contribution in [0.2, 0.25) is 0 Å². The zero-order valence-electron chi connectivity index (χ0n) is 6.51. The standard InChI is InChI=1S/C8H11NO/c1-5-4-6(2)9-7(3)8(5)10/h4-5H,1-3H3. The Morgan fingerprint density at radius 1 is 1.50 bits per heavy atom. The molecule has 0 aromatic heterocycles. The van der Waals surface area contributed by atoms with E-state index in [0.29, 0.717) is 5.71 Å². The zero-order valence-corrected chi connectivity index (χ0v) is 6.51. The van der Waals surface area contributed by atoms with Crippen molar-refractivity contribution in [3.8, 4) is 0 Å². The van der Waals surface area contributed by atoms with E-state index in [1.807, 2.05) is 19.9 Å². The van der Waals surface area contributed by atoms with Crippen LogP contribution in [0.15, 0.2) is 16.8 Å². The van der Waals surface area contributed by atoms with Crippen molar-refractivity contribution in [3.05, 3.63) is 11.8 Å². The van der Waals surface area contributed by atoms with E-state index in [2.05, 4.69) is 4.99 Å². The summed E-state index contributed by atoms with van der Waals surface area (Å²) in [5.74, 6) is 0.170. The van der Waals surface area contributed by atoms with Crippen molar-refractivity contribution >= 4 is 11.5 Å². The van der Waals surface area contributed by atoms with Crippen molar-refractivity contribution in [1.29, 1.82) is 0 Å². The summed E-state index contributed by atoms with van der Waals surface area (Å²) in [6.45, 7) is 5.56. The Hall–Kier alpha value is -0.920. The van der Waals surface area contributed by atoms with Gasteiger partial charge in [-0.05, 0) is 13.8 Å². The molecular weight excluding hydrogens is 126 g/mol. The molecule has 1 heterocycles. The van der Waals surface area contributed by atoms with Gasteiger partial charge in [0, 0.05) is 11.6 Å². The van der Waals surface area contributed by atoms with Crippen LogP contribution in [0.5, 0.6) is 0 Å². The van der Waals surface area contributed by atoms with Crippen LogP contribution in [0.4, 0.5) is 0 Å². The molecule has 54 valence electrons. The molecule has 1 rings (SSSR count). The van der Waals surface area contributed by atoms with Crippen LogP contribution in [-0.2, 0) is 4.79 Å². The molecule has 0 aromatic rings. The maximum atomic E-state index is 11.1. The molecular formula is C8H11NO. The Balaban J connectivity index is 2.95. The van der Waals surface area contributed by atoms with E-state index in [1.54, 1.807) is 6.92 Å². The molecule has 1 unspecified atom stereocenters. The first kappa shape index (κ1) is 7.19. The van der Waals surface area contributed by atoms with Crippen LogP contribution in [0.1, 0.15) is 20.8 Å². The number of allylic oxidation sites excluding steroid dienone is 2. The molecule has 0 bridgehead atoms. The number of Topliss-reactive ketones (excluding diaryl/α,β-unsaturated/α-hetero) is 1. The summed E-state index contributed by atoms with van der Waals surface area (Å²) >= 11 is 0. The lowest BCUT2D eigenvalue weighted by molar-refractivity contribution is -0.115. The summed E-state index contributed by atoms with van der Waals surface area (Å²) in [4.78, 5) is 15.1. The minimum atomic E-state index is 0.0255. The van der Waals surface area contributed by atoms with Crippen molar-refractivity contribution in [2.24, 2.45) is 10.9 Å². The monoisotopic (exact) mass is 137 g/mol. The highest BCUT2D eigenvalue weighted by molar-refractivity contribution is 6.40. The minimum absolute atomic E-state index is 0.0255. The second kappa shape index (κ2) is 2.37. The second-order valence-electron chi connectivity index (χ2n) is 2.66. The fourth-order valence-electron chi connectivity index (χ4n) is 1.12. The van der Waals surface area contributed by atoms with E-state index in [4.69, 9.17) is 0 Å². The topological polar surface area (TPSA) is 29.4 Å². The highest BCUT2D eigenvalue weighted by Gasteiger charge is 2.17. The van der Waals surface area contributed by atoms with Crippen LogP contribution >= 0.6 is 0 Å². The van der Waals surface area contributed by atoms with Gasteiger partial charge in [0.15, 0.2) is 5.78 Å². The van der Waals surface area contributed by atoms with Crippen LogP contribution in [-0.4, -0.2) is 11.5 Å². The summed E-state index contributed by atoms with van der Waals surface area (Å²) < 4.78 is 0. The van der Waals surface area contributed by atoms with Crippen molar-refractivity contribution in [2.75, 3.05) is 0 Å². The Morgan fingerprint density at radius 2 is 2.10 bits per heavy atom. The maximum absolute atomic E-state index is 11.1. The van der Waals surface area contributed by atoms with Gasteiger partial charge in [0.25, 0.3) is 0 Å². The first-order chi connectivity index (χ1) is 4.61. The molecule has 1 aliphatic rings. The van der Waals surface area contributed by atoms with E-state index >= 15 is 0 Å². The number of nitrogens with zero attached hydrogens (tertiary/aromatic N) is 1. The lowest BCUT2D eigenvalue weighted by atomic mass is 9.99. The number of hydrogen-bond donors (Lipinski definition) is 0. The molecule has 0 saturated heterocycles. The molecule has 2 heteroatoms. The van der Waals surface area contributed by atoms with E-state index < -0.39 is 0 Å². The third-order valence-electron chi connectivity index (χ3n) is 1.61. The highest BCUT2D eigenvalue weighted by atomic mass is 16.1. The fourth-order valence-corrected chi connectivity index (χ4v) is 1.12. The van der Waals surface area contributed by atoms with Gasteiger partial charge in [-0.15, -0.1) is 0 Å². The van der Waals surface area contributed by atoms with Crippen molar-refractivity contribution in [3.63, 3.8) is 0 Å². The lowest BCUT2D eigenvalue weighted by Gasteiger charge is -2.10. The highest BCUT2D eigenvalue weighted by Crippen LogP contribution is 2.12. The molecule has 0 N–H and O–H groups in total.